The molecule has 0 aromatic carbocycles. The number of carbonyl (C=O) groups excluding carboxylic acids is 3. The van der Waals surface area contributed by atoms with Crippen molar-refractivity contribution in [2.45, 2.75) is 12.7 Å². The van der Waals surface area contributed by atoms with Crippen molar-refractivity contribution in [3.63, 3.8) is 0 Å². The van der Waals surface area contributed by atoms with E-state index in [0.29, 0.717) is 0 Å². The predicted molar refractivity (Wildman–Crippen MR) is 59.0 cm³/mol. The first-order chi connectivity index (χ1) is 8.53. The molecule has 7 nitrogen and oxygen atoms in total. The molecule has 100 valence electrons. The summed E-state index contributed by atoms with van der Waals surface area (Å²) in [7, 11) is 0. The van der Waals surface area contributed by atoms with Gasteiger partial charge in [-0.25, -0.2) is 9.59 Å². The van der Waals surface area contributed by atoms with Crippen molar-refractivity contribution in [1.29, 1.82) is 0 Å². The third-order valence-corrected chi connectivity index (χ3v) is 1.52. The first kappa shape index (κ1) is 15.9. The van der Waals surface area contributed by atoms with Gasteiger partial charge in [0, 0.05) is 12.2 Å². The fraction of sp³-hybridized carbons (Fsp3) is 0.364. The molecule has 0 amide bonds. The number of ether oxygens (including phenoxy) is 3. The van der Waals surface area contributed by atoms with Crippen LogP contribution in [0.4, 0.5) is 0 Å². The normalized spacial score (nSPS) is 9.44. The van der Waals surface area contributed by atoms with E-state index in [4.69, 9.17) is 5.11 Å². The Morgan fingerprint density at radius 1 is 1.11 bits per heavy atom. The van der Waals surface area contributed by atoms with E-state index in [2.05, 4.69) is 27.4 Å². The average molecular weight is 258 g/mol. The topological polar surface area (TPSA) is 99.1 Å². The Morgan fingerprint density at radius 3 is 2.00 bits per heavy atom. The molecule has 0 rings (SSSR count). The maximum absolute atomic E-state index is 11.2. The Hall–Kier alpha value is -2.15. The second kappa shape index (κ2) is 8.94. The van der Waals surface area contributed by atoms with Gasteiger partial charge < -0.3 is 19.3 Å². The molecule has 18 heavy (non-hydrogen) atoms. The van der Waals surface area contributed by atoms with Gasteiger partial charge in [0.05, 0.1) is 6.61 Å². The number of rotatable bonds is 8. The zero-order chi connectivity index (χ0) is 14.0. The molecule has 1 N–H and O–H groups in total. The van der Waals surface area contributed by atoms with Gasteiger partial charge in [-0.05, 0) is 0 Å². The van der Waals surface area contributed by atoms with Gasteiger partial charge in [-0.2, -0.15) is 0 Å². The van der Waals surface area contributed by atoms with Crippen LogP contribution in [0.15, 0.2) is 25.3 Å². The largest absolute Gasteiger partial charge is 0.463 e. The monoisotopic (exact) mass is 258 g/mol. The van der Waals surface area contributed by atoms with E-state index < -0.39 is 30.6 Å². The van der Waals surface area contributed by atoms with Crippen LogP contribution in [0.25, 0.3) is 0 Å². The van der Waals surface area contributed by atoms with Crippen molar-refractivity contribution >= 4 is 17.9 Å². The third-order valence-electron chi connectivity index (χ3n) is 1.52. The van der Waals surface area contributed by atoms with E-state index in [1.807, 2.05) is 0 Å². The molecule has 0 heterocycles. The van der Waals surface area contributed by atoms with Gasteiger partial charge >= 0.3 is 17.9 Å². The van der Waals surface area contributed by atoms with Crippen molar-refractivity contribution in [1.82, 2.24) is 0 Å². The lowest BCUT2D eigenvalue weighted by Crippen LogP contribution is -2.27. The summed E-state index contributed by atoms with van der Waals surface area (Å²) in [6.45, 7) is 5.78. The maximum atomic E-state index is 11.2. The smallest absolute Gasteiger partial charge is 0.333 e. The molecule has 0 radical (unpaired) electrons. The van der Waals surface area contributed by atoms with Crippen LogP contribution in [0.1, 0.15) is 6.42 Å². The van der Waals surface area contributed by atoms with Crippen LogP contribution < -0.4 is 0 Å². The van der Waals surface area contributed by atoms with Crippen LogP contribution in [0.3, 0.4) is 0 Å². The number of hydrogen-bond donors (Lipinski definition) is 1. The van der Waals surface area contributed by atoms with Crippen molar-refractivity contribution in [2.75, 3.05) is 13.2 Å². The van der Waals surface area contributed by atoms with Crippen LogP contribution in [-0.4, -0.2) is 42.5 Å². The molecule has 0 spiro atoms. The second-order valence-electron chi connectivity index (χ2n) is 2.86. The lowest BCUT2D eigenvalue weighted by atomic mass is 10.4. The van der Waals surface area contributed by atoms with Gasteiger partial charge in [0.2, 0.25) is 0 Å². The van der Waals surface area contributed by atoms with E-state index in [-0.39, 0.29) is 13.2 Å². The molecule has 0 aromatic heterocycles. The number of carbonyl (C=O) groups is 3. The zero-order valence-corrected chi connectivity index (χ0v) is 9.66. The lowest BCUT2D eigenvalue weighted by molar-refractivity contribution is -0.185. The number of hydrogen-bond acceptors (Lipinski definition) is 7. The quantitative estimate of drug-likeness (QED) is 0.362. The minimum Gasteiger partial charge on any atom is -0.463 e. The predicted octanol–water partition coefficient (Wildman–Crippen LogP) is -0.304. The van der Waals surface area contributed by atoms with Crippen molar-refractivity contribution in [3.05, 3.63) is 25.3 Å². The molecule has 0 saturated carbocycles. The van der Waals surface area contributed by atoms with E-state index >= 15 is 0 Å². The number of aliphatic hydroxyl groups excluding tert-OH is 1. The summed E-state index contributed by atoms with van der Waals surface area (Å²) >= 11 is 0. The standard InChI is InChI=1S/C11H14O7/c1-3-8(13)17-11(18-9(14)4-2)7-10(15)16-6-5-12/h3-4,11-12H,1-2,5-7H2. The molecule has 0 aliphatic rings. The maximum Gasteiger partial charge on any atom is 0.333 e. The zero-order valence-electron chi connectivity index (χ0n) is 9.66. The van der Waals surface area contributed by atoms with Crippen LogP contribution in [-0.2, 0) is 28.6 Å². The highest BCUT2D eigenvalue weighted by molar-refractivity contribution is 5.83. The highest BCUT2D eigenvalue weighted by Crippen LogP contribution is 2.05. The van der Waals surface area contributed by atoms with Gasteiger partial charge in [-0.1, -0.05) is 13.2 Å². The van der Waals surface area contributed by atoms with Crippen molar-refractivity contribution in [3.8, 4) is 0 Å². The van der Waals surface area contributed by atoms with E-state index in [1.165, 1.54) is 0 Å². The summed E-state index contributed by atoms with van der Waals surface area (Å²) in [5.41, 5.74) is 0. The molecule has 7 heteroatoms. The number of aliphatic hydroxyl groups is 1. The molecule has 0 saturated heterocycles. The highest BCUT2D eigenvalue weighted by atomic mass is 16.7. The fourth-order valence-corrected chi connectivity index (χ4v) is 0.817. The van der Waals surface area contributed by atoms with E-state index in [1.54, 1.807) is 0 Å². The average Bonchev–Trinajstić information content (AvgIpc) is 2.35. The first-order valence-electron chi connectivity index (χ1n) is 4.96. The highest BCUT2D eigenvalue weighted by Gasteiger charge is 2.21. The van der Waals surface area contributed by atoms with Gasteiger partial charge in [0.15, 0.2) is 0 Å². The molecule has 0 bridgehead atoms. The molecule has 0 atom stereocenters. The number of esters is 3. The minimum absolute atomic E-state index is 0.198. The van der Waals surface area contributed by atoms with Crippen molar-refractivity contribution in [2.24, 2.45) is 0 Å². The molecule has 0 aromatic rings. The summed E-state index contributed by atoms with van der Waals surface area (Å²) in [5, 5.41) is 8.44. The second-order valence-corrected chi connectivity index (χ2v) is 2.86. The molecule has 0 aliphatic carbocycles. The minimum atomic E-state index is -1.42. The fourth-order valence-electron chi connectivity index (χ4n) is 0.817. The Labute approximate surface area is 104 Å². The Kier molecular flexibility index (Phi) is 7.87. The van der Waals surface area contributed by atoms with Gasteiger partial charge in [-0.3, -0.25) is 4.79 Å². The molecular weight excluding hydrogens is 244 g/mol. The Bertz CT molecular complexity index is 312. The van der Waals surface area contributed by atoms with Gasteiger partial charge in [-0.15, -0.1) is 0 Å². The van der Waals surface area contributed by atoms with E-state index in [9.17, 15) is 14.4 Å². The summed E-state index contributed by atoms with van der Waals surface area (Å²) in [6.07, 6.45) is -0.201. The van der Waals surface area contributed by atoms with Crippen molar-refractivity contribution < 1.29 is 33.7 Å². The van der Waals surface area contributed by atoms with Crippen LogP contribution in [0, 0.1) is 0 Å². The summed E-state index contributed by atoms with van der Waals surface area (Å²) in [6, 6.07) is 0. The molecule has 0 fully saturated rings. The van der Waals surface area contributed by atoms with Gasteiger partial charge in [0.25, 0.3) is 6.29 Å². The molecule has 0 unspecified atom stereocenters. The summed E-state index contributed by atoms with van der Waals surface area (Å²) < 4.78 is 13.8. The van der Waals surface area contributed by atoms with Crippen LogP contribution >= 0.6 is 0 Å². The van der Waals surface area contributed by atoms with Gasteiger partial charge in [0.1, 0.15) is 13.0 Å². The Morgan fingerprint density at radius 2 is 1.61 bits per heavy atom. The van der Waals surface area contributed by atoms with E-state index in [0.717, 1.165) is 12.2 Å². The first-order valence-corrected chi connectivity index (χ1v) is 4.96. The summed E-state index contributed by atoms with van der Waals surface area (Å²) in [5.74, 6) is -2.50. The third kappa shape index (κ3) is 7.18. The SMILES string of the molecule is C=CC(=O)OC(CC(=O)OCCO)OC(=O)C=C. The summed E-state index contributed by atoms with van der Waals surface area (Å²) in [4.78, 5) is 33.1. The molecule has 0 aliphatic heterocycles. The molecular formula is C11H14O7. The van der Waals surface area contributed by atoms with Crippen LogP contribution in [0.2, 0.25) is 0 Å². The Balaban J connectivity index is 4.40. The lowest BCUT2D eigenvalue weighted by Gasteiger charge is -2.15. The van der Waals surface area contributed by atoms with Crippen LogP contribution in [0.5, 0.6) is 0 Å².